The minimum Gasteiger partial charge on any atom is -0.870 e. The van der Waals surface area contributed by atoms with Gasteiger partial charge in [-0.1, -0.05) is 0 Å². The van der Waals surface area contributed by atoms with E-state index < -0.39 is 86.7 Å². The van der Waals surface area contributed by atoms with Gasteiger partial charge in [0.1, 0.15) is 62.3 Å². The van der Waals surface area contributed by atoms with Gasteiger partial charge in [0.15, 0.2) is 0 Å². The van der Waals surface area contributed by atoms with Crippen LogP contribution in [0.15, 0.2) is 72.2 Å². The van der Waals surface area contributed by atoms with Gasteiger partial charge in [-0.3, -0.25) is 19.2 Å². The van der Waals surface area contributed by atoms with Gasteiger partial charge in [-0.25, -0.2) is 51.1 Å². The van der Waals surface area contributed by atoms with Crippen LogP contribution in [0.4, 0.5) is 49.0 Å². The van der Waals surface area contributed by atoms with E-state index in [1.54, 1.807) is 9.13 Å². The van der Waals surface area contributed by atoms with Gasteiger partial charge in [0.25, 0.3) is 22.2 Å². The molecule has 4 aliphatic carbocycles. The van der Waals surface area contributed by atoms with Crippen LogP contribution in [0.5, 0.6) is 0 Å². The largest absolute Gasteiger partial charge is 1.00 e. The molecule has 8 atom stereocenters. The fourth-order valence-corrected chi connectivity index (χ4v) is 22.2. The Morgan fingerprint density at radius 1 is 0.437 bits per heavy atom. The number of hydrogen-bond acceptors (Lipinski definition) is 22. The number of hydrogen-bond donors (Lipinski definition) is 7. The molecule has 4 saturated carbocycles. The molecule has 4 aromatic heterocycles. The minimum atomic E-state index is -1.31. The van der Waals surface area contributed by atoms with Crippen LogP contribution in [-0.4, -0.2) is 182 Å². The van der Waals surface area contributed by atoms with Crippen LogP contribution in [0.3, 0.4) is 0 Å². The molecular formula is C97H119BrClF4LiN12O19. The van der Waals surface area contributed by atoms with Gasteiger partial charge in [0, 0.05) is 142 Å². The van der Waals surface area contributed by atoms with Crippen molar-refractivity contribution in [1.29, 1.82) is 0 Å². The number of pyridine rings is 4. The molecule has 135 heavy (non-hydrogen) atoms. The number of carbonyl (C=O) groups is 7. The average molecular weight is 1960 g/mol. The van der Waals surface area contributed by atoms with Crippen LogP contribution in [0.2, 0.25) is 0 Å². The first-order valence-corrected chi connectivity index (χ1v) is 46.5. The van der Waals surface area contributed by atoms with Crippen LogP contribution in [0.1, 0.15) is 255 Å². The zero-order chi connectivity index (χ0) is 95.4. The maximum Gasteiger partial charge on any atom is 1.00 e. The molecule has 31 nitrogen and oxygen atoms in total. The normalized spacial score (nSPS) is 22.4. The Labute approximate surface area is 803 Å². The van der Waals surface area contributed by atoms with Crippen molar-refractivity contribution in [2.24, 2.45) is 29.4 Å². The molecule has 724 valence electrons. The molecule has 38 heteroatoms. The number of ether oxygens (including phenoxy) is 5. The summed E-state index contributed by atoms with van der Waals surface area (Å²) in [5.41, 5.74) is 8.81. The number of aromatic nitrogens is 4. The van der Waals surface area contributed by atoms with Crippen LogP contribution < -0.4 is 82.8 Å². The Morgan fingerprint density at radius 3 is 1.01 bits per heavy atom. The van der Waals surface area contributed by atoms with E-state index in [4.69, 9.17) is 24.7 Å². The summed E-state index contributed by atoms with van der Waals surface area (Å²) in [4.78, 5) is 140. The van der Waals surface area contributed by atoms with Crippen molar-refractivity contribution in [3.05, 3.63) is 162 Å². The smallest absolute Gasteiger partial charge is 0.870 e. The molecule has 8 fully saturated rings. The number of aromatic carboxylic acids is 2. The number of amides is 3. The first-order valence-electron chi connectivity index (χ1n) is 45.7. The van der Waals surface area contributed by atoms with Crippen molar-refractivity contribution in [2.45, 2.75) is 256 Å². The molecule has 12 aliphatic rings. The van der Waals surface area contributed by atoms with Crippen LogP contribution in [0, 0.1) is 46.9 Å². The van der Waals surface area contributed by atoms with Crippen LogP contribution in [-0.2, 0) is 49.4 Å². The van der Waals surface area contributed by atoms with Crippen molar-refractivity contribution >= 4 is 131 Å². The summed E-state index contributed by atoms with van der Waals surface area (Å²) in [6, 6.07) is 10.1. The Bertz CT molecular complexity index is 6420. The van der Waals surface area contributed by atoms with E-state index >= 15 is 13.2 Å². The molecule has 20 rings (SSSR count). The topological polar surface area (TPSA) is 408 Å². The molecule has 0 spiro atoms. The maximum absolute atomic E-state index is 15.6. The fourth-order valence-electron chi connectivity index (χ4n) is 21.8. The zero-order valence-corrected chi connectivity index (χ0v) is 81.5. The summed E-state index contributed by atoms with van der Waals surface area (Å²) in [6.45, 7) is 30.3. The van der Waals surface area contributed by atoms with Crippen LogP contribution >= 0.6 is 28.3 Å². The summed E-state index contributed by atoms with van der Waals surface area (Å²) in [5.74, 6) is -4.25. The van der Waals surface area contributed by atoms with Gasteiger partial charge >= 0.3 is 61.0 Å². The third-order valence-corrected chi connectivity index (χ3v) is 29.4. The van der Waals surface area contributed by atoms with Crippen molar-refractivity contribution < 1.29 is 109 Å². The van der Waals surface area contributed by atoms with Crippen molar-refractivity contribution in [2.75, 3.05) is 81.3 Å². The number of rotatable bonds is 14. The first kappa shape index (κ1) is 102. The molecule has 3 amide bonds. The van der Waals surface area contributed by atoms with E-state index in [0.717, 1.165) is 125 Å². The second-order valence-corrected chi connectivity index (χ2v) is 42.1. The number of nitrogens with two attached hydrogens (primary N) is 1. The zero-order valence-electron chi connectivity index (χ0n) is 79.1. The van der Waals surface area contributed by atoms with E-state index in [1.165, 1.54) is 71.9 Å². The number of esters is 2. The number of nitrogens with one attached hydrogen (secondary N) is 4. The fraction of sp³-hybridized carbons (Fsp3) is 0.557. The third-order valence-electron chi connectivity index (χ3n) is 28.5. The van der Waals surface area contributed by atoms with Gasteiger partial charge in [-0.2, -0.15) is 0 Å². The molecular weight excluding hydrogens is 1840 g/mol. The summed E-state index contributed by atoms with van der Waals surface area (Å²) in [7, 11) is 2.44. The molecule has 4 unspecified atom stereocenters. The molecule has 0 radical (unpaired) electrons. The van der Waals surface area contributed by atoms with Gasteiger partial charge < -0.3 is 99.3 Å². The predicted octanol–water partition coefficient (Wildman–Crippen LogP) is 11.7. The van der Waals surface area contributed by atoms with E-state index in [-0.39, 0.29) is 135 Å². The second kappa shape index (κ2) is 37.6. The number of alkyl carbamates (subject to hydrolysis) is 3. The maximum atomic E-state index is 15.6. The van der Waals surface area contributed by atoms with Gasteiger partial charge in [-0.05, 0) is 281 Å². The minimum absolute atomic E-state index is 0. The molecule has 0 bridgehead atoms. The molecule has 9 N–H and O–H groups in total. The molecule has 4 saturated heterocycles. The Morgan fingerprint density at radius 2 is 0.719 bits per heavy atom. The predicted molar refractivity (Wildman–Crippen MR) is 502 cm³/mol. The van der Waals surface area contributed by atoms with E-state index in [1.807, 2.05) is 99.8 Å². The number of nitrogens with zero attached hydrogens (tertiary/aromatic N) is 7. The van der Waals surface area contributed by atoms with E-state index in [0.29, 0.717) is 129 Å². The van der Waals surface area contributed by atoms with Gasteiger partial charge in [0.2, 0.25) is 0 Å². The number of anilines is 3. The average Bonchev–Trinajstić information content (AvgIpc) is 1.58. The van der Waals surface area contributed by atoms with E-state index in [9.17, 15) is 67.3 Å². The Balaban J connectivity index is 0.000000146. The molecule has 12 heterocycles. The number of methoxy groups -OCH3 is 2. The summed E-state index contributed by atoms with van der Waals surface area (Å²) >= 11 is 3.23. The Hall–Kier alpha value is -10.2. The molecule has 8 aliphatic heterocycles. The Kier molecular flexibility index (Phi) is 28.5. The quantitative estimate of drug-likeness (QED) is 0.0230. The van der Waals surface area contributed by atoms with E-state index in [2.05, 4.69) is 46.8 Å². The third kappa shape index (κ3) is 19.6. The number of halogens is 6. The van der Waals surface area contributed by atoms with Gasteiger partial charge in [-0.15, -0.1) is 12.4 Å². The standard InChI is InChI=1S/C26H32FN3O5.C25H30FN3O5.C20H22FN3O3.C14H11BrFNO3.C12H22N2O2.ClH.Li.H2O/c1-14-10-17-20-15(11-18(23(32)34-5)22(31)30(14)20)12-19(27)21(17)29-9-6-16(13-29)26(7-8-26)28-24(33)35-25(2,3)4;1-13-9-16-19-14(10-17(22(31)32)21(30)29(13)19)11-18(26)20(16)28-8-5-15(12-28)25(6-7-25)27-23(33)34-24(2,3)4;1-10-6-13-16-11(7-14(19(26)27)18(25)24(10)16)8-15(21)17(13)23-5-2-12(9-23)20(22)3-4-20;1-6-3-8-11(15)10(16)5-7-4-9(14(19)20-2)13(18)17(6)12(7)8;1-11(2,3)16-10(15)14-12(5-6-12)9-4-7-13-8-9;;;/h11-12,14,16H,6-10,13H2,1-5H3,(H,28,33);10-11,13,15H,5-9,12H2,1-4H3,(H,27,33)(H,31,32);7-8,10,12H,2-6,9,22H2,1H3,(H,26,27);4-6H,3H2,1-2H3;9,13H,4-8H2,1-3H3,(H,14,15);1H;;1H2/q;;;;;;+1;/p-1/t14?,16-;13?,15-;10?,12-;;9-;;;/m111.1.../s1. The molecule has 4 aromatic carbocycles. The monoisotopic (exact) mass is 1950 g/mol. The summed E-state index contributed by atoms with van der Waals surface area (Å²) in [5, 5.41) is 33.3. The first-order chi connectivity index (χ1) is 62.0. The van der Waals surface area contributed by atoms with Crippen molar-refractivity contribution in [3.63, 3.8) is 0 Å². The number of carbonyl (C=O) groups excluding carboxylic acids is 5. The second-order valence-electron chi connectivity index (χ2n) is 41.3. The number of benzene rings is 4. The van der Waals surface area contributed by atoms with Crippen LogP contribution in [0.25, 0.3) is 43.6 Å². The SMILES string of the molecule is CC(C)(C)OC(=O)NC1([C@@H]2CCNC2)CC1.CC1Cc2c(N3CC[C@@H](C4(N)CC4)C3)c(F)cc3cc(C(=O)O)c(=O)n1c23.CC1Cc2c(N3CC[C@@H](C4(NC(=O)OC(C)(C)C)CC4)C3)c(F)cc3cc(C(=O)O)c(=O)n1c23.COC(=O)c1cc2cc(F)c(Br)c3c2n(c1=O)C(C)C3.COC(=O)c1cc2cc(F)c(N3CC[C@@H](C4(NC(=O)OC(C)(C)C)CC4)C3)c3c2n(c1=O)C(C)C3.Cl.[Li+].[OH-]. The number of carboxylic acid groups (broad SMARTS) is 2. The van der Waals surface area contributed by atoms with Crippen molar-refractivity contribution in [1.82, 2.24) is 39.5 Å². The summed E-state index contributed by atoms with van der Waals surface area (Å²) < 4.78 is 92.2. The number of carboxylic acids is 2. The van der Waals surface area contributed by atoms with Crippen molar-refractivity contribution in [3.8, 4) is 0 Å². The van der Waals surface area contributed by atoms with Gasteiger partial charge in [0.05, 0.1) is 57.8 Å². The molecule has 8 aromatic rings. The summed E-state index contributed by atoms with van der Waals surface area (Å²) in [6.07, 6.45) is 12.5.